The number of nitrogens with zero attached hydrogens (tertiary/aromatic N) is 3. The van der Waals surface area contributed by atoms with Crippen LogP contribution in [-0.2, 0) is 6.54 Å². The van der Waals surface area contributed by atoms with Gasteiger partial charge in [-0.15, -0.1) is 11.3 Å². The van der Waals surface area contributed by atoms with Crippen LogP contribution in [0.2, 0.25) is 0 Å². The van der Waals surface area contributed by atoms with Gasteiger partial charge in [0.25, 0.3) is 10.5 Å². The van der Waals surface area contributed by atoms with E-state index in [2.05, 4.69) is 36.5 Å². The molecule has 5 rings (SSSR count). The van der Waals surface area contributed by atoms with Gasteiger partial charge in [0.2, 0.25) is 0 Å². The minimum atomic E-state index is -0.316. The second kappa shape index (κ2) is 10.2. The van der Waals surface area contributed by atoms with Crippen molar-refractivity contribution in [2.45, 2.75) is 6.54 Å². The topological polar surface area (TPSA) is 131 Å². The van der Waals surface area contributed by atoms with Gasteiger partial charge < -0.3 is 16.4 Å². The Labute approximate surface area is 219 Å². The molecule has 0 atom stereocenters. The lowest BCUT2D eigenvalue weighted by Gasteiger charge is -2.14. The molecule has 5 aromatic rings. The number of carbonyl (C=O) groups excluding carboxylic acids is 1. The molecule has 1 amide bonds. The lowest BCUT2D eigenvalue weighted by atomic mass is 10.1. The fourth-order valence-corrected chi connectivity index (χ4v) is 5.14. The Kier molecular flexibility index (Phi) is 6.70. The average molecular weight is 559 g/mol. The van der Waals surface area contributed by atoms with Crippen LogP contribution in [0, 0.1) is 0 Å². The third-order valence-electron chi connectivity index (χ3n) is 5.51. The van der Waals surface area contributed by atoms with Crippen molar-refractivity contribution in [1.82, 2.24) is 15.0 Å². The molecular formula is C26H21BrN7OS+. The van der Waals surface area contributed by atoms with Crippen LogP contribution in [0.5, 0.6) is 0 Å². The molecule has 0 aliphatic rings. The minimum Gasteiger partial charge on any atom is -0.382 e. The van der Waals surface area contributed by atoms with Crippen LogP contribution in [0.3, 0.4) is 0 Å². The number of thiophene rings is 1. The van der Waals surface area contributed by atoms with Crippen molar-refractivity contribution in [1.29, 1.82) is 0 Å². The molecule has 10 heteroatoms. The molecule has 0 radical (unpaired) electrons. The van der Waals surface area contributed by atoms with Crippen LogP contribution >= 0.6 is 27.3 Å². The Morgan fingerprint density at radius 2 is 1.78 bits per heavy atom. The van der Waals surface area contributed by atoms with Gasteiger partial charge in [-0.2, -0.15) is 0 Å². The quantitative estimate of drug-likeness (QED) is 0.222. The fraction of sp³-hybridized carbons (Fsp3) is 0.0385. The molecule has 2 aromatic carbocycles. The van der Waals surface area contributed by atoms with Crippen LogP contribution in [0.1, 0.15) is 21.6 Å². The van der Waals surface area contributed by atoms with E-state index in [9.17, 15) is 4.79 Å². The normalized spacial score (nSPS) is 10.8. The summed E-state index contributed by atoms with van der Waals surface area (Å²) in [6.07, 6.45) is 1.35. The highest BCUT2D eigenvalue weighted by Gasteiger charge is 2.20. The third-order valence-corrected chi connectivity index (χ3v) is 6.90. The van der Waals surface area contributed by atoms with Crippen LogP contribution in [-0.4, -0.2) is 25.5 Å². The van der Waals surface area contributed by atoms with Crippen molar-refractivity contribution in [3.63, 3.8) is 0 Å². The number of pyridine rings is 1. The first kappa shape index (κ1) is 23.6. The summed E-state index contributed by atoms with van der Waals surface area (Å²) in [7, 11) is 0. The van der Waals surface area contributed by atoms with E-state index >= 15 is 0 Å². The number of hydrogen-bond acceptors (Lipinski definition) is 7. The van der Waals surface area contributed by atoms with Gasteiger partial charge >= 0.3 is 0 Å². The van der Waals surface area contributed by atoms with E-state index in [4.69, 9.17) is 16.1 Å². The summed E-state index contributed by atoms with van der Waals surface area (Å²) in [6.45, 7) is 0.469. The first-order chi connectivity index (χ1) is 17.5. The molecular weight excluding hydrogens is 538 g/mol. The molecule has 0 fully saturated rings. The monoisotopic (exact) mass is 558 g/mol. The van der Waals surface area contributed by atoms with Crippen LogP contribution in [0.25, 0.3) is 21.5 Å². The van der Waals surface area contributed by atoms with Crippen molar-refractivity contribution in [2.75, 3.05) is 16.4 Å². The van der Waals surface area contributed by atoms with E-state index in [1.54, 1.807) is 11.4 Å². The average Bonchev–Trinajstić information content (AvgIpc) is 3.34. The molecule has 6 N–H and O–H groups in total. The summed E-state index contributed by atoms with van der Waals surface area (Å²) in [6, 6.07) is 21.5. The number of carbonyl (C=O) groups is 1. The number of aromatic nitrogens is 3. The molecule has 8 nitrogen and oxygen atoms in total. The molecule has 3 aromatic heterocycles. The number of rotatable bonds is 7. The largest absolute Gasteiger partial charge is 0.382 e. The van der Waals surface area contributed by atoms with Crippen molar-refractivity contribution >= 4 is 65.2 Å². The molecule has 0 saturated carbocycles. The van der Waals surface area contributed by atoms with Gasteiger partial charge in [-0.3, -0.25) is 9.78 Å². The van der Waals surface area contributed by atoms with Crippen molar-refractivity contribution in [3.8, 4) is 11.3 Å². The Bertz CT molecular complexity index is 1590. The molecule has 0 aliphatic heterocycles. The van der Waals surface area contributed by atoms with Gasteiger partial charge in [-0.25, -0.2) is 15.4 Å². The molecule has 0 saturated heterocycles. The van der Waals surface area contributed by atoms with Gasteiger partial charge in [-0.05, 0) is 24.3 Å². The minimum absolute atomic E-state index is 0.316. The molecule has 0 unspecified atom stereocenters. The van der Waals surface area contributed by atoms with Gasteiger partial charge in [0.05, 0.1) is 50.7 Å². The Morgan fingerprint density at radius 3 is 2.58 bits per heavy atom. The summed E-state index contributed by atoms with van der Waals surface area (Å²) in [5.74, 6) is 0.0302. The number of amides is 1. The smallest absolute Gasteiger partial charge is 0.258 e. The molecule has 178 valence electrons. The molecule has 0 aliphatic carbocycles. The zero-order valence-electron chi connectivity index (χ0n) is 18.9. The van der Waals surface area contributed by atoms with Gasteiger partial charge in [0.15, 0.2) is 0 Å². The Balaban J connectivity index is 1.39. The summed E-state index contributed by atoms with van der Waals surface area (Å²) in [4.78, 5) is 26.1. The fourth-order valence-electron chi connectivity index (χ4n) is 3.81. The van der Waals surface area contributed by atoms with Crippen LogP contribution in [0.4, 0.5) is 17.2 Å². The van der Waals surface area contributed by atoms with Crippen LogP contribution in [0.15, 0.2) is 78.4 Å². The highest BCUT2D eigenvalue weighted by atomic mass is 79.9. The maximum atomic E-state index is 13.1. The maximum Gasteiger partial charge on any atom is 0.258 e. The van der Waals surface area contributed by atoms with Gasteiger partial charge in [-0.1, -0.05) is 42.5 Å². The standard InChI is InChI=1S/C26H20BrN7OS/c27-24(28)21-19(30-12-16-8-4-9-18(33-16)15-6-2-1-3-7-15)10-5-11-20(21)34-26(35)17-13-36-23-22(17)31-14-32-25(23)29/h1-11,13-14,28,30H,12H2,(H,34,35)(H2,29,31,32)/p+1. The maximum absolute atomic E-state index is 13.1. The number of fused-ring (bicyclic) bond motifs is 1. The third kappa shape index (κ3) is 4.81. The molecule has 3 heterocycles. The van der Waals surface area contributed by atoms with Crippen molar-refractivity contribution in [3.05, 3.63) is 95.3 Å². The van der Waals surface area contributed by atoms with Crippen LogP contribution < -0.4 is 21.8 Å². The van der Waals surface area contributed by atoms with Crippen molar-refractivity contribution < 1.29 is 10.2 Å². The lowest BCUT2D eigenvalue weighted by Crippen LogP contribution is -2.37. The zero-order chi connectivity index (χ0) is 25.1. The highest BCUT2D eigenvalue weighted by Crippen LogP contribution is 2.30. The number of nitrogens with two attached hydrogens (primary N) is 2. The lowest BCUT2D eigenvalue weighted by molar-refractivity contribution is -0.106. The first-order valence-corrected chi connectivity index (χ1v) is 12.6. The molecule has 0 bridgehead atoms. The second-order valence-electron chi connectivity index (χ2n) is 7.85. The Hall–Kier alpha value is -4.15. The summed E-state index contributed by atoms with van der Waals surface area (Å²) in [5, 5.41) is 14.3. The van der Waals surface area contributed by atoms with Gasteiger partial charge in [0, 0.05) is 26.9 Å². The zero-order valence-corrected chi connectivity index (χ0v) is 21.3. The Morgan fingerprint density at radius 1 is 1.00 bits per heavy atom. The number of nitrogens with one attached hydrogen (secondary N) is 2. The van der Waals surface area contributed by atoms with E-state index < -0.39 is 0 Å². The number of halogens is 1. The number of hydrogen-bond donors (Lipinski definition) is 4. The van der Waals surface area contributed by atoms with E-state index in [0.29, 0.717) is 44.0 Å². The predicted molar refractivity (Wildman–Crippen MR) is 148 cm³/mol. The summed E-state index contributed by atoms with van der Waals surface area (Å²) < 4.78 is 1.06. The van der Waals surface area contributed by atoms with E-state index in [-0.39, 0.29) is 5.91 Å². The molecule has 0 spiro atoms. The van der Waals surface area contributed by atoms with E-state index in [0.717, 1.165) is 22.6 Å². The predicted octanol–water partition coefficient (Wildman–Crippen LogP) is 4.10. The van der Waals surface area contributed by atoms with Crippen molar-refractivity contribution in [2.24, 2.45) is 0 Å². The first-order valence-electron chi connectivity index (χ1n) is 11.0. The highest BCUT2D eigenvalue weighted by molar-refractivity contribution is 9.18. The summed E-state index contributed by atoms with van der Waals surface area (Å²) >= 11 is 4.72. The van der Waals surface area contributed by atoms with E-state index in [1.165, 1.54) is 17.7 Å². The number of anilines is 3. The molecule has 36 heavy (non-hydrogen) atoms. The van der Waals surface area contributed by atoms with E-state index in [1.807, 2.05) is 60.7 Å². The second-order valence-corrected chi connectivity index (χ2v) is 9.58. The van der Waals surface area contributed by atoms with Gasteiger partial charge in [0.1, 0.15) is 12.1 Å². The SMILES string of the molecule is Nc1ncnc2c(C(=O)Nc3cccc(NCc4cccc(-c5ccccc5)n4)c3C(=[NH2+])Br)csc12. The number of benzene rings is 2. The number of nitrogen functional groups attached to an aromatic ring is 1. The summed E-state index contributed by atoms with van der Waals surface area (Å²) in [5.41, 5.74) is 11.6.